The van der Waals surface area contributed by atoms with E-state index < -0.39 is 18.1 Å². The Morgan fingerprint density at radius 1 is 0.439 bits per heavy atom. The number of carbonyl (C=O) groups is 3. The molecule has 0 heterocycles. The van der Waals surface area contributed by atoms with Gasteiger partial charge in [0, 0.05) is 33.3 Å². The molecule has 0 rings (SSSR count). The molecule has 0 aromatic carbocycles. The summed E-state index contributed by atoms with van der Waals surface area (Å²) in [6, 6.07) is -0.641. The van der Waals surface area contributed by atoms with Gasteiger partial charge in [-0.15, -0.1) is 0 Å². The maximum absolute atomic E-state index is 12.1. The molecule has 0 saturated heterocycles. The first kappa shape index (κ1) is 57.4. The van der Waals surface area contributed by atoms with E-state index in [1.54, 1.807) is 14.2 Å². The summed E-state index contributed by atoms with van der Waals surface area (Å²) in [5.74, 6) is -0.420. The van der Waals surface area contributed by atoms with Crippen LogP contribution >= 0.6 is 0 Å². The Morgan fingerprint density at radius 3 is 1.16 bits per heavy atom. The van der Waals surface area contributed by atoms with Gasteiger partial charge in [0.1, 0.15) is 12.9 Å². The van der Waals surface area contributed by atoms with Crippen LogP contribution < -0.4 is 5.32 Å². The largest absolute Gasteiger partial charge is 0.466 e. The number of alkyl carbamates (subject to hydrolysis) is 1. The smallest absolute Gasteiger partial charge is 0.407 e. The summed E-state index contributed by atoms with van der Waals surface area (Å²) in [5.41, 5.74) is 0. The first-order chi connectivity index (χ1) is 28.0. The summed E-state index contributed by atoms with van der Waals surface area (Å²) in [4.78, 5) is 34.8. The monoisotopic (exact) mass is 814 g/mol. The molecule has 0 bridgehead atoms. The van der Waals surface area contributed by atoms with Crippen LogP contribution in [-0.4, -0.2) is 78.3 Å². The minimum atomic E-state index is -0.687. The second-order valence-corrected chi connectivity index (χ2v) is 16.0. The Morgan fingerprint density at radius 2 is 0.789 bits per heavy atom. The molecule has 0 aliphatic rings. The SMILES string of the molecule is CCCCCCCCCCCCCCCCCCOC.CCCCCCCCCCCCCCCCCCOC(=O)CC(CC=O)NC(=O)OCCOCCOC. The third-order valence-corrected chi connectivity index (χ3v) is 10.5. The van der Waals surface area contributed by atoms with E-state index in [0.717, 1.165) is 25.9 Å². The van der Waals surface area contributed by atoms with Crippen LogP contribution in [0.25, 0.3) is 0 Å². The molecule has 0 fully saturated rings. The lowest BCUT2D eigenvalue weighted by atomic mass is 10.0. The second kappa shape index (κ2) is 52.3. The van der Waals surface area contributed by atoms with E-state index in [2.05, 4.69) is 19.2 Å². The van der Waals surface area contributed by atoms with Gasteiger partial charge in [-0.25, -0.2) is 4.79 Å². The van der Waals surface area contributed by atoms with Crippen molar-refractivity contribution in [2.75, 3.05) is 53.9 Å². The first-order valence-corrected chi connectivity index (χ1v) is 24.1. The fraction of sp³-hybridized carbons (Fsp3) is 0.938. The van der Waals surface area contributed by atoms with Gasteiger partial charge in [0.05, 0.1) is 32.8 Å². The highest BCUT2D eigenvalue weighted by molar-refractivity contribution is 5.73. The molecule has 1 atom stereocenters. The van der Waals surface area contributed by atoms with Crippen LogP contribution in [-0.2, 0) is 33.3 Å². The Labute approximate surface area is 352 Å². The number of unbranched alkanes of at least 4 members (excludes halogenated alkanes) is 30. The molecule has 0 aromatic rings. The molecule has 0 aliphatic carbocycles. The zero-order valence-electron chi connectivity index (χ0n) is 38.2. The highest BCUT2D eigenvalue weighted by Crippen LogP contribution is 2.15. The summed E-state index contributed by atoms with van der Waals surface area (Å²) < 4.78 is 25.4. The number of methoxy groups -OCH3 is 2. The van der Waals surface area contributed by atoms with Crippen molar-refractivity contribution < 1.29 is 38.1 Å². The number of hydrogen-bond acceptors (Lipinski definition) is 8. The van der Waals surface area contributed by atoms with E-state index in [-0.39, 0.29) is 26.1 Å². The number of amides is 1. The van der Waals surface area contributed by atoms with Gasteiger partial charge in [-0.1, -0.05) is 206 Å². The number of rotatable bonds is 45. The average Bonchev–Trinajstić information content (AvgIpc) is 3.20. The van der Waals surface area contributed by atoms with E-state index >= 15 is 0 Å². The molecule has 0 saturated carbocycles. The summed E-state index contributed by atoms with van der Waals surface area (Å²) in [6.45, 7) is 7.08. The van der Waals surface area contributed by atoms with Crippen LogP contribution in [0.15, 0.2) is 0 Å². The van der Waals surface area contributed by atoms with Crippen molar-refractivity contribution in [2.45, 2.75) is 238 Å². The van der Waals surface area contributed by atoms with Crippen molar-refractivity contribution in [1.29, 1.82) is 0 Å². The van der Waals surface area contributed by atoms with Crippen LogP contribution in [0.4, 0.5) is 4.79 Å². The molecule has 9 heteroatoms. The Hall–Kier alpha value is -1.71. The Balaban J connectivity index is 0. The molecule has 57 heavy (non-hydrogen) atoms. The second-order valence-electron chi connectivity index (χ2n) is 16.0. The van der Waals surface area contributed by atoms with Crippen LogP contribution in [0.3, 0.4) is 0 Å². The minimum absolute atomic E-state index is 0.0214. The molecule has 9 nitrogen and oxygen atoms in total. The van der Waals surface area contributed by atoms with Crippen molar-refractivity contribution >= 4 is 18.3 Å². The van der Waals surface area contributed by atoms with E-state index in [4.69, 9.17) is 23.7 Å². The molecular weight excluding hydrogens is 719 g/mol. The quantitative estimate of drug-likeness (QED) is 0.0368. The number of aldehydes is 1. The molecule has 1 unspecified atom stereocenters. The molecule has 0 aliphatic heterocycles. The van der Waals surface area contributed by atoms with Gasteiger partial charge in [-0.2, -0.15) is 0 Å². The first-order valence-electron chi connectivity index (χ1n) is 24.1. The molecule has 0 radical (unpaired) electrons. The number of hydrogen-bond donors (Lipinski definition) is 1. The predicted octanol–water partition coefficient (Wildman–Crippen LogP) is 13.4. The zero-order valence-corrected chi connectivity index (χ0v) is 38.2. The van der Waals surface area contributed by atoms with Crippen LogP contribution in [0.2, 0.25) is 0 Å². The third kappa shape index (κ3) is 52.3. The fourth-order valence-electron chi connectivity index (χ4n) is 6.85. The predicted molar refractivity (Wildman–Crippen MR) is 238 cm³/mol. The van der Waals surface area contributed by atoms with Crippen molar-refractivity contribution in [3.05, 3.63) is 0 Å². The Bertz CT molecular complexity index is 780. The summed E-state index contributed by atoms with van der Waals surface area (Å²) >= 11 is 0. The zero-order chi connectivity index (χ0) is 42.0. The van der Waals surface area contributed by atoms with Gasteiger partial charge in [-0.05, 0) is 12.8 Å². The summed E-state index contributed by atoms with van der Waals surface area (Å²) in [6.07, 6.45) is 43.6. The lowest BCUT2D eigenvalue weighted by Gasteiger charge is -2.16. The normalized spacial score (nSPS) is 11.5. The van der Waals surface area contributed by atoms with Gasteiger partial charge in [0.15, 0.2) is 0 Å². The fourth-order valence-corrected chi connectivity index (χ4v) is 6.85. The van der Waals surface area contributed by atoms with Crippen molar-refractivity contribution in [3.8, 4) is 0 Å². The lowest BCUT2D eigenvalue weighted by molar-refractivity contribution is -0.144. The van der Waals surface area contributed by atoms with Gasteiger partial charge < -0.3 is 33.8 Å². The maximum atomic E-state index is 12.1. The number of nitrogens with one attached hydrogen (secondary N) is 1. The highest BCUT2D eigenvalue weighted by Gasteiger charge is 2.18. The van der Waals surface area contributed by atoms with Crippen LogP contribution in [0, 0.1) is 0 Å². The molecule has 340 valence electrons. The topological polar surface area (TPSA) is 109 Å². The molecule has 1 amide bonds. The molecule has 0 aromatic heterocycles. The highest BCUT2D eigenvalue weighted by atomic mass is 16.6. The summed E-state index contributed by atoms with van der Waals surface area (Å²) in [5, 5.41) is 2.54. The van der Waals surface area contributed by atoms with E-state index in [1.807, 2.05) is 0 Å². The third-order valence-electron chi connectivity index (χ3n) is 10.5. The number of esters is 1. The van der Waals surface area contributed by atoms with Crippen molar-refractivity contribution in [3.63, 3.8) is 0 Å². The number of carbonyl (C=O) groups excluding carboxylic acids is 3. The van der Waals surface area contributed by atoms with Crippen molar-refractivity contribution in [2.24, 2.45) is 0 Å². The van der Waals surface area contributed by atoms with Gasteiger partial charge in [-0.3, -0.25) is 4.79 Å². The van der Waals surface area contributed by atoms with E-state index in [9.17, 15) is 14.4 Å². The van der Waals surface area contributed by atoms with E-state index in [1.165, 1.54) is 186 Å². The minimum Gasteiger partial charge on any atom is -0.466 e. The molecule has 1 N–H and O–H groups in total. The van der Waals surface area contributed by atoms with Gasteiger partial charge in [0.2, 0.25) is 0 Å². The van der Waals surface area contributed by atoms with Crippen LogP contribution in [0.1, 0.15) is 232 Å². The van der Waals surface area contributed by atoms with Crippen LogP contribution in [0.5, 0.6) is 0 Å². The lowest BCUT2D eigenvalue weighted by Crippen LogP contribution is -2.38. The maximum Gasteiger partial charge on any atom is 0.407 e. The van der Waals surface area contributed by atoms with Crippen molar-refractivity contribution in [1.82, 2.24) is 5.32 Å². The summed E-state index contributed by atoms with van der Waals surface area (Å²) in [7, 11) is 3.37. The molecule has 0 spiro atoms. The standard InChI is InChI=1S/C29H55NO7.C19H40O/c1-3-4-5-6-7-8-9-10-11-12-13-14-15-16-17-18-21-36-28(32)26-27(19-20-31)30-29(33)37-25-24-35-23-22-34-2;1-3-4-5-6-7-8-9-10-11-12-13-14-15-16-17-18-19-20-2/h20,27H,3-19,21-26H2,1-2H3,(H,30,33);3-19H2,1-2H3. The number of ether oxygens (including phenoxy) is 5. The van der Waals surface area contributed by atoms with Gasteiger partial charge in [0.25, 0.3) is 0 Å². The molecular formula is C48H95NO8. The van der Waals surface area contributed by atoms with E-state index in [0.29, 0.717) is 26.1 Å². The average molecular weight is 814 g/mol. The Kier molecular flexibility index (Phi) is 52.7. The van der Waals surface area contributed by atoms with Gasteiger partial charge >= 0.3 is 12.1 Å².